The van der Waals surface area contributed by atoms with Crippen molar-refractivity contribution in [2.45, 2.75) is 31.6 Å². The molecule has 1 heterocycles. The van der Waals surface area contributed by atoms with Gasteiger partial charge in [-0.05, 0) is 30.9 Å². The van der Waals surface area contributed by atoms with Crippen LogP contribution in [0.2, 0.25) is 5.02 Å². The lowest BCUT2D eigenvalue weighted by Crippen LogP contribution is -2.34. The van der Waals surface area contributed by atoms with Crippen molar-refractivity contribution in [3.63, 3.8) is 0 Å². The third kappa shape index (κ3) is 3.05. The van der Waals surface area contributed by atoms with E-state index in [4.69, 9.17) is 11.6 Å². The van der Waals surface area contributed by atoms with E-state index in [1.807, 2.05) is 0 Å². The molecule has 22 heavy (non-hydrogen) atoms. The lowest BCUT2D eigenvalue weighted by atomic mass is 9.88. The fourth-order valence-electron chi connectivity index (χ4n) is 2.58. The molecule has 118 valence electrons. The van der Waals surface area contributed by atoms with Crippen molar-refractivity contribution >= 4 is 11.6 Å². The van der Waals surface area contributed by atoms with Crippen molar-refractivity contribution in [3.8, 4) is 5.75 Å². The van der Waals surface area contributed by atoms with E-state index in [-0.39, 0.29) is 23.2 Å². The normalized spacial score (nSPS) is 17.5. The quantitative estimate of drug-likeness (QED) is 0.885. The molecule has 1 fully saturated rings. The van der Waals surface area contributed by atoms with E-state index in [0.717, 1.165) is 12.8 Å². The van der Waals surface area contributed by atoms with E-state index >= 15 is 0 Å². The fourth-order valence-corrected chi connectivity index (χ4v) is 2.91. The van der Waals surface area contributed by atoms with Crippen molar-refractivity contribution in [1.82, 2.24) is 14.8 Å². The summed E-state index contributed by atoms with van der Waals surface area (Å²) in [6, 6.07) is 4.19. The van der Waals surface area contributed by atoms with Crippen LogP contribution in [0.3, 0.4) is 0 Å². The van der Waals surface area contributed by atoms with Crippen molar-refractivity contribution in [1.29, 1.82) is 0 Å². The maximum absolute atomic E-state index is 12.2. The fraction of sp³-hybridized carbons (Fsp3) is 0.429. The zero-order valence-electron chi connectivity index (χ0n) is 11.5. The van der Waals surface area contributed by atoms with Gasteiger partial charge < -0.3 is 9.84 Å². The van der Waals surface area contributed by atoms with Gasteiger partial charge in [0.05, 0.1) is 11.6 Å². The minimum atomic E-state index is -2.92. The summed E-state index contributed by atoms with van der Waals surface area (Å²) < 4.78 is 30.3. The number of halogens is 3. The molecule has 1 aromatic heterocycles. The van der Waals surface area contributed by atoms with Gasteiger partial charge in [0, 0.05) is 5.56 Å². The molecule has 0 spiro atoms. The molecule has 0 amide bonds. The monoisotopic (exact) mass is 329 g/mol. The number of rotatable bonds is 6. The minimum Gasteiger partial charge on any atom is -0.435 e. The molecule has 1 aliphatic carbocycles. The van der Waals surface area contributed by atoms with Gasteiger partial charge in [-0.2, -0.15) is 13.9 Å². The molecule has 1 saturated carbocycles. The molecule has 1 unspecified atom stereocenters. The number of benzene rings is 1. The minimum absolute atomic E-state index is 0.0392. The Morgan fingerprint density at radius 2 is 2.23 bits per heavy atom. The molecule has 1 N–H and O–H groups in total. The molecular formula is C14H14ClF2N3O2. The van der Waals surface area contributed by atoms with E-state index in [2.05, 4.69) is 14.8 Å². The van der Waals surface area contributed by atoms with Crippen LogP contribution in [-0.4, -0.2) is 26.5 Å². The summed E-state index contributed by atoms with van der Waals surface area (Å²) in [5.74, 6) is 0.0127. The van der Waals surface area contributed by atoms with Gasteiger partial charge in [0.1, 0.15) is 24.0 Å². The average Bonchev–Trinajstić information content (AvgIpc) is 3.18. The number of hydrogen-bond acceptors (Lipinski definition) is 4. The lowest BCUT2D eigenvalue weighted by molar-refractivity contribution is -0.0499. The van der Waals surface area contributed by atoms with Gasteiger partial charge in [-0.1, -0.05) is 17.7 Å². The molecule has 1 atom stereocenters. The molecule has 0 aliphatic heterocycles. The topological polar surface area (TPSA) is 60.2 Å². The molecule has 0 bridgehead atoms. The summed E-state index contributed by atoms with van der Waals surface area (Å²) in [6.07, 6.45) is 4.64. The smallest absolute Gasteiger partial charge is 0.387 e. The SMILES string of the molecule is OC(Cn1cncn1)(c1ccc(OC(F)F)cc1Cl)C1CC1. The zero-order chi connectivity index (χ0) is 15.7. The van der Waals surface area contributed by atoms with Crippen LogP contribution < -0.4 is 4.74 Å². The van der Waals surface area contributed by atoms with Crippen molar-refractivity contribution < 1.29 is 18.6 Å². The van der Waals surface area contributed by atoms with Crippen LogP contribution in [0.15, 0.2) is 30.9 Å². The maximum Gasteiger partial charge on any atom is 0.387 e. The third-order valence-corrected chi connectivity index (χ3v) is 4.07. The first-order valence-corrected chi connectivity index (χ1v) is 7.16. The highest BCUT2D eigenvalue weighted by Gasteiger charge is 2.46. The summed E-state index contributed by atoms with van der Waals surface area (Å²) in [5.41, 5.74) is -0.734. The molecule has 3 rings (SSSR count). The van der Waals surface area contributed by atoms with E-state index in [1.165, 1.54) is 35.5 Å². The first-order chi connectivity index (χ1) is 10.5. The zero-order valence-corrected chi connectivity index (χ0v) is 12.2. The number of alkyl halides is 2. The van der Waals surface area contributed by atoms with Gasteiger partial charge in [-0.3, -0.25) is 0 Å². The number of hydrogen-bond donors (Lipinski definition) is 1. The number of ether oxygens (including phenoxy) is 1. The molecule has 0 saturated heterocycles. The molecule has 5 nitrogen and oxygen atoms in total. The first kappa shape index (κ1) is 15.2. The largest absolute Gasteiger partial charge is 0.435 e. The van der Waals surface area contributed by atoms with Gasteiger partial charge in [-0.25, -0.2) is 9.67 Å². The number of aromatic nitrogens is 3. The maximum atomic E-state index is 12.2. The second kappa shape index (κ2) is 5.81. The molecule has 8 heteroatoms. The van der Waals surface area contributed by atoms with Crippen molar-refractivity contribution in [3.05, 3.63) is 41.4 Å². The molecular weight excluding hydrogens is 316 g/mol. The van der Waals surface area contributed by atoms with Gasteiger partial charge in [0.2, 0.25) is 0 Å². The summed E-state index contributed by atoms with van der Waals surface area (Å²) >= 11 is 6.18. The van der Waals surface area contributed by atoms with E-state index in [9.17, 15) is 13.9 Å². The standard InChI is InChI=1S/C14H14ClF2N3O2/c15-12-5-10(22-13(16)17)3-4-11(12)14(21,9-1-2-9)6-20-8-18-7-19-20/h3-5,7-9,13,21H,1-2,6H2. The van der Waals surface area contributed by atoms with Crippen LogP contribution in [0.1, 0.15) is 18.4 Å². The average molecular weight is 330 g/mol. The van der Waals surface area contributed by atoms with Gasteiger partial charge in [0.15, 0.2) is 0 Å². The predicted molar refractivity (Wildman–Crippen MR) is 74.7 cm³/mol. The summed E-state index contributed by atoms with van der Waals surface area (Å²) in [4.78, 5) is 3.85. The van der Waals surface area contributed by atoms with E-state index in [1.54, 1.807) is 0 Å². The van der Waals surface area contributed by atoms with Gasteiger partial charge >= 0.3 is 6.61 Å². The molecule has 2 aromatic rings. The highest BCUT2D eigenvalue weighted by molar-refractivity contribution is 6.31. The Labute approximate surface area is 130 Å². The predicted octanol–water partition coefficient (Wildman–Crippen LogP) is 2.83. The lowest BCUT2D eigenvalue weighted by Gasteiger charge is -2.29. The summed E-state index contributed by atoms with van der Waals surface area (Å²) in [6.45, 7) is -2.72. The second-order valence-corrected chi connectivity index (χ2v) is 5.72. The van der Waals surface area contributed by atoms with Gasteiger partial charge in [0.25, 0.3) is 0 Å². The Balaban J connectivity index is 1.91. The highest BCUT2D eigenvalue weighted by Crippen LogP contribution is 2.48. The highest BCUT2D eigenvalue weighted by atomic mass is 35.5. The van der Waals surface area contributed by atoms with Crippen LogP contribution >= 0.6 is 11.6 Å². The molecule has 0 radical (unpaired) electrons. The Kier molecular flexibility index (Phi) is 4.01. The summed E-state index contributed by atoms with van der Waals surface area (Å²) in [5, 5.41) is 15.3. The first-order valence-electron chi connectivity index (χ1n) is 6.78. The Hall–Kier alpha value is -1.73. The van der Waals surface area contributed by atoms with E-state index < -0.39 is 12.2 Å². The van der Waals surface area contributed by atoms with Crippen LogP contribution in [-0.2, 0) is 12.1 Å². The van der Waals surface area contributed by atoms with Crippen LogP contribution in [0.4, 0.5) is 8.78 Å². The third-order valence-electron chi connectivity index (χ3n) is 3.75. The van der Waals surface area contributed by atoms with Crippen LogP contribution in [0, 0.1) is 5.92 Å². The molecule has 1 aliphatic rings. The second-order valence-electron chi connectivity index (χ2n) is 5.31. The Bertz CT molecular complexity index is 650. The van der Waals surface area contributed by atoms with Crippen LogP contribution in [0.25, 0.3) is 0 Å². The van der Waals surface area contributed by atoms with Gasteiger partial charge in [-0.15, -0.1) is 0 Å². The summed E-state index contributed by atoms with van der Waals surface area (Å²) in [7, 11) is 0. The van der Waals surface area contributed by atoms with E-state index in [0.29, 0.717) is 5.56 Å². The Morgan fingerprint density at radius 3 is 2.77 bits per heavy atom. The van der Waals surface area contributed by atoms with Crippen molar-refractivity contribution in [2.75, 3.05) is 0 Å². The Morgan fingerprint density at radius 1 is 1.45 bits per heavy atom. The van der Waals surface area contributed by atoms with Crippen LogP contribution in [0.5, 0.6) is 5.75 Å². The number of nitrogens with zero attached hydrogens (tertiary/aromatic N) is 3. The molecule has 1 aromatic carbocycles. The van der Waals surface area contributed by atoms with Crippen molar-refractivity contribution in [2.24, 2.45) is 5.92 Å². The number of aliphatic hydroxyl groups is 1.